The topological polar surface area (TPSA) is 12.0 Å². The monoisotopic (exact) mass is 313 g/mol. The Kier molecular flexibility index (Phi) is 4.71. The molecule has 1 heterocycles. The molecule has 90 valence electrons. The molecule has 0 radical (unpaired) electrons. The summed E-state index contributed by atoms with van der Waals surface area (Å²) in [6.45, 7) is 1.62. The summed E-state index contributed by atoms with van der Waals surface area (Å²) in [5.41, 5.74) is 2.03. The van der Waals surface area contributed by atoms with Gasteiger partial charge in [0.15, 0.2) is 0 Å². The van der Waals surface area contributed by atoms with Crippen LogP contribution in [0.1, 0.15) is 11.1 Å². The molecule has 0 saturated carbocycles. The number of halogens is 2. The molecular weight excluding hydrogens is 301 g/mol. The molecule has 0 amide bonds. The van der Waals surface area contributed by atoms with Gasteiger partial charge >= 0.3 is 0 Å². The Morgan fingerprint density at radius 2 is 2.12 bits per heavy atom. The Hall–Kier alpha value is -0.710. The second-order valence-electron chi connectivity index (χ2n) is 3.78. The fourth-order valence-corrected chi connectivity index (χ4v) is 2.80. The summed E-state index contributed by atoms with van der Waals surface area (Å²) >= 11 is 5.11. The second kappa shape index (κ2) is 6.28. The van der Waals surface area contributed by atoms with Crippen molar-refractivity contribution in [2.75, 3.05) is 6.54 Å². The number of hydrogen-bond donors (Lipinski definition) is 1. The average molecular weight is 314 g/mol. The highest BCUT2D eigenvalue weighted by atomic mass is 79.9. The lowest BCUT2D eigenvalue weighted by molar-refractivity contribution is 0.598. The van der Waals surface area contributed by atoms with Gasteiger partial charge in [-0.05, 0) is 57.5 Å². The molecule has 2 aromatic rings. The first-order valence-corrected chi connectivity index (χ1v) is 7.10. The normalized spacial score (nSPS) is 10.7. The third kappa shape index (κ3) is 3.91. The van der Waals surface area contributed by atoms with E-state index < -0.39 is 0 Å². The van der Waals surface area contributed by atoms with Crippen LogP contribution in [0.15, 0.2) is 39.5 Å². The van der Waals surface area contributed by atoms with Crippen LogP contribution in [0.25, 0.3) is 0 Å². The number of hydrogen-bond acceptors (Lipinski definition) is 2. The third-order valence-corrected chi connectivity index (χ3v) is 4.03. The van der Waals surface area contributed by atoms with Crippen molar-refractivity contribution in [1.82, 2.24) is 5.32 Å². The zero-order valence-electron chi connectivity index (χ0n) is 9.25. The fraction of sp³-hybridized carbons (Fsp3) is 0.231. The van der Waals surface area contributed by atoms with Crippen molar-refractivity contribution in [2.45, 2.75) is 13.0 Å². The van der Waals surface area contributed by atoms with Crippen LogP contribution in [0.5, 0.6) is 0 Å². The van der Waals surface area contributed by atoms with E-state index in [9.17, 15) is 4.39 Å². The van der Waals surface area contributed by atoms with E-state index >= 15 is 0 Å². The Labute approximate surface area is 113 Å². The van der Waals surface area contributed by atoms with Crippen molar-refractivity contribution in [1.29, 1.82) is 0 Å². The van der Waals surface area contributed by atoms with Gasteiger partial charge in [-0.1, -0.05) is 18.2 Å². The van der Waals surface area contributed by atoms with E-state index in [0.29, 0.717) is 0 Å². The molecule has 0 fully saturated rings. The first-order chi connectivity index (χ1) is 8.25. The van der Waals surface area contributed by atoms with Gasteiger partial charge in [-0.25, -0.2) is 4.39 Å². The van der Waals surface area contributed by atoms with Gasteiger partial charge in [0.1, 0.15) is 5.82 Å². The van der Waals surface area contributed by atoms with Crippen molar-refractivity contribution in [2.24, 2.45) is 0 Å². The van der Waals surface area contributed by atoms with Crippen LogP contribution in [0, 0.1) is 5.82 Å². The van der Waals surface area contributed by atoms with E-state index in [0.717, 1.165) is 28.9 Å². The highest BCUT2D eigenvalue weighted by Gasteiger charge is 2.00. The molecule has 0 aliphatic carbocycles. The zero-order chi connectivity index (χ0) is 12.1. The maximum Gasteiger partial charge on any atom is 0.126 e. The lowest BCUT2D eigenvalue weighted by Gasteiger charge is -2.04. The number of benzene rings is 1. The molecule has 0 bridgehead atoms. The molecule has 1 N–H and O–H groups in total. The summed E-state index contributed by atoms with van der Waals surface area (Å²) in [6.07, 6.45) is 0.720. The molecule has 0 spiro atoms. The molecule has 0 saturated heterocycles. The summed E-state index contributed by atoms with van der Waals surface area (Å²) in [6, 6.07) is 9.02. The van der Waals surface area contributed by atoms with Crippen molar-refractivity contribution < 1.29 is 4.39 Å². The molecule has 1 aromatic heterocycles. The second-order valence-corrected chi connectivity index (χ2v) is 6.07. The maximum absolute atomic E-state index is 13.3. The van der Waals surface area contributed by atoms with E-state index in [1.54, 1.807) is 17.4 Å². The minimum Gasteiger partial charge on any atom is -0.312 e. The summed E-state index contributed by atoms with van der Waals surface area (Å²) in [7, 11) is 0. The van der Waals surface area contributed by atoms with Gasteiger partial charge in [0.05, 0.1) is 3.79 Å². The van der Waals surface area contributed by atoms with Crippen molar-refractivity contribution >= 4 is 27.3 Å². The lowest BCUT2D eigenvalue weighted by atomic mass is 10.1. The van der Waals surface area contributed by atoms with Gasteiger partial charge in [0, 0.05) is 6.54 Å². The summed E-state index contributed by atoms with van der Waals surface area (Å²) in [4.78, 5) is 0. The molecule has 4 heteroatoms. The van der Waals surface area contributed by atoms with Crippen LogP contribution < -0.4 is 5.32 Å². The molecule has 0 atom stereocenters. The van der Waals surface area contributed by atoms with E-state index in [1.807, 2.05) is 12.1 Å². The Morgan fingerprint density at radius 3 is 2.82 bits per heavy atom. The van der Waals surface area contributed by atoms with Gasteiger partial charge < -0.3 is 5.32 Å². The van der Waals surface area contributed by atoms with Crippen LogP contribution in [-0.2, 0) is 13.0 Å². The SMILES string of the molecule is Fc1ccccc1CCNCc1csc(Br)c1. The highest BCUT2D eigenvalue weighted by molar-refractivity contribution is 9.11. The smallest absolute Gasteiger partial charge is 0.126 e. The van der Waals surface area contributed by atoms with E-state index in [2.05, 4.69) is 32.7 Å². The van der Waals surface area contributed by atoms with Crippen LogP contribution >= 0.6 is 27.3 Å². The lowest BCUT2D eigenvalue weighted by Crippen LogP contribution is -2.16. The largest absolute Gasteiger partial charge is 0.312 e. The Bertz CT molecular complexity index is 484. The molecule has 1 nitrogen and oxygen atoms in total. The maximum atomic E-state index is 13.3. The van der Waals surface area contributed by atoms with Gasteiger partial charge in [-0.15, -0.1) is 11.3 Å². The molecular formula is C13H13BrFNS. The number of nitrogens with one attached hydrogen (secondary N) is 1. The molecule has 17 heavy (non-hydrogen) atoms. The molecule has 0 aliphatic rings. The fourth-order valence-electron chi connectivity index (χ4n) is 1.60. The van der Waals surface area contributed by atoms with Crippen molar-refractivity contribution in [3.05, 3.63) is 56.4 Å². The summed E-state index contributed by atoms with van der Waals surface area (Å²) in [5.74, 6) is -0.118. The molecule has 1 aromatic carbocycles. The van der Waals surface area contributed by atoms with Crippen LogP contribution in [0.3, 0.4) is 0 Å². The van der Waals surface area contributed by atoms with E-state index in [4.69, 9.17) is 0 Å². The van der Waals surface area contributed by atoms with Crippen molar-refractivity contribution in [3.8, 4) is 0 Å². The predicted molar refractivity (Wildman–Crippen MR) is 73.8 cm³/mol. The zero-order valence-corrected chi connectivity index (χ0v) is 11.7. The van der Waals surface area contributed by atoms with Gasteiger partial charge in [0.2, 0.25) is 0 Å². The average Bonchev–Trinajstić information content (AvgIpc) is 2.73. The van der Waals surface area contributed by atoms with Crippen LogP contribution in [0.4, 0.5) is 4.39 Å². The summed E-state index contributed by atoms with van der Waals surface area (Å²) < 4.78 is 14.5. The van der Waals surface area contributed by atoms with Crippen LogP contribution in [0.2, 0.25) is 0 Å². The Balaban J connectivity index is 1.75. The third-order valence-electron chi connectivity index (χ3n) is 2.48. The predicted octanol–water partition coefficient (Wildman–Crippen LogP) is 3.98. The van der Waals surface area contributed by atoms with Gasteiger partial charge in [0.25, 0.3) is 0 Å². The standard InChI is InChI=1S/C13H13BrFNS/c14-13-7-10(9-17-13)8-16-6-5-11-3-1-2-4-12(11)15/h1-4,7,9,16H,5-6,8H2. The highest BCUT2D eigenvalue weighted by Crippen LogP contribution is 2.20. The Morgan fingerprint density at radius 1 is 1.29 bits per heavy atom. The number of thiophene rings is 1. The summed E-state index contributed by atoms with van der Waals surface area (Å²) in [5, 5.41) is 5.42. The molecule has 0 aliphatic heterocycles. The first-order valence-electron chi connectivity index (χ1n) is 5.43. The molecule has 2 rings (SSSR count). The van der Waals surface area contributed by atoms with Crippen molar-refractivity contribution in [3.63, 3.8) is 0 Å². The van der Waals surface area contributed by atoms with Crippen LogP contribution in [-0.4, -0.2) is 6.54 Å². The van der Waals surface area contributed by atoms with E-state index in [1.165, 1.54) is 11.6 Å². The molecule has 0 unspecified atom stereocenters. The minimum atomic E-state index is -0.118. The minimum absolute atomic E-state index is 0.118. The van der Waals surface area contributed by atoms with Gasteiger partial charge in [-0.2, -0.15) is 0 Å². The van der Waals surface area contributed by atoms with Gasteiger partial charge in [-0.3, -0.25) is 0 Å². The first kappa shape index (κ1) is 12.7. The van der Waals surface area contributed by atoms with E-state index in [-0.39, 0.29) is 5.82 Å². The number of rotatable bonds is 5. The quantitative estimate of drug-likeness (QED) is 0.823.